The monoisotopic (exact) mass is 253 g/mol. The Bertz CT molecular complexity index is 344. The summed E-state index contributed by atoms with van der Waals surface area (Å²) in [6, 6.07) is 4.87. The van der Waals surface area contributed by atoms with Gasteiger partial charge in [0.2, 0.25) is 0 Å². The molecule has 94 valence electrons. The maximum Gasteiger partial charge on any atom is 0.128 e. The number of aromatic nitrogens is 1. The van der Waals surface area contributed by atoms with E-state index < -0.39 is 0 Å². The number of nitrogens with two attached hydrogens (primary N) is 1. The average Bonchev–Trinajstić information content (AvgIpc) is 2.35. The standard InChI is InChI=1S/C13H20ClN3/c1-2-17(12-6-4-11(15)5-7-12)13-8-3-10(14)9-16-13/h3,8-9,11-12H,2,4-7,15H2,1H3. The van der Waals surface area contributed by atoms with Crippen molar-refractivity contribution in [2.24, 2.45) is 5.73 Å². The van der Waals surface area contributed by atoms with Crippen LogP contribution in [0, 0.1) is 0 Å². The molecule has 17 heavy (non-hydrogen) atoms. The summed E-state index contributed by atoms with van der Waals surface area (Å²) in [5.74, 6) is 1.03. The van der Waals surface area contributed by atoms with Gasteiger partial charge in [-0.2, -0.15) is 0 Å². The highest BCUT2D eigenvalue weighted by molar-refractivity contribution is 6.30. The van der Waals surface area contributed by atoms with Gasteiger partial charge in [-0.3, -0.25) is 0 Å². The highest BCUT2D eigenvalue weighted by Gasteiger charge is 2.24. The minimum Gasteiger partial charge on any atom is -0.354 e. The first kappa shape index (κ1) is 12.7. The van der Waals surface area contributed by atoms with E-state index in [4.69, 9.17) is 17.3 Å². The first-order valence-corrected chi connectivity index (χ1v) is 6.72. The third-order valence-electron chi connectivity index (χ3n) is 3.53. The van der Waals surface area contributed by atoms with Gasteiger partial charge in [0.25, 0.3) is 0 Å². The zero-order valence-corrected chi connectivity index (χ0v) is 11.0. The molecule has 1 aliphatic rings. The molecule has 0 aromatic carbocycles. The van der Waals surface area contributed by atoms with Crippen molar-refractivity contribution in [3.8, 4) is 0 Å². The van der Waals surface area contributed by atoms with Crippen LogP contribution in [0.5, 0.6) is 0 Å². The molecule has 0 saturated heterocycles. The van der Waals surface area contributed by atoms with Crippen LogP contribution in [-0.4, -0.2) is 23.6 Å². The van der Waals surface area contributed by atoms with Crippen molar-refractivity contribution in [1.82, 2.24) is 4.98 Å². The second-order valence-electron chi connectivity index (χ2n) is 4.69. The van der Waals surface area contributed by atoms with E-state index in [2.05, 4.69) is 16.8 Å². The van der Waals surface area contributed by atoms with E-state index in [-0.39, 0.29) is 0 Å². The fraction of sp³-hybridized carbons (Fsp3) is 0.615. The maximum atomic E-state index is 5.95. The van der Waals surface area contributed by atoms with Gasteiger partial charge in [-0.05, 0) is 44.7 Å². The van der Waals surface area contributed by atoms with Crippen LogP contribution in [0.25, 0.3) is 0 Å². The molecule has 2 rings (SSSR count). The third kappa shape index (κ3) is 3.11. The van der Waals surface area contributed by atoms with E-state index in [0.717, 1.165) is 25.2 Å². The molecule has 0 amide bonds. The Balaban J connectivity index is 2.08. The van der Waals surface area contributed by atoms with Crippen LogP contribution in [0.2, 0.25) is 5.02 Å². The maximum absolute atomic E-state index is 5.95. The molecular weight excluding hydrogens is 234 g/mol. The van der Waals surface area contributed by atoms with E-state index in [0.29, 0.717) is 17.1 Å². The van der Waals surface area contributed by atoms with E-state index in [1.165, 1.54) is 12.8 Å². The van der Waals surface area contributed by atoms with Crippen LogP contribution in [0.1, 0.15) is 32.6 Å². The average molecular weight is 254 g/mol. The summed E-state index contributed by atoms with van der Waals surface area (Å²) in [6.45, 7) is 3.15. The zero-order chi connectivity index (χ0) is 12.3. The van der Waals surface area contributed by atoms with Gasteiger partial charge >= 0.3 is 0 Å². The van der Waals surface area contributed by atoms with Gasteiger partial charge in [-0.1, -0.05) is 11.6 Å². The molecule has 1 aromatic heterocycles. The van der Waals surface area contributed by atoms with Crippen LogP contribution in [0.4, 0.5) is 5.82 Å². The topological polar surface area (TPSA) is 42.2 Å². The van der Waals surface area contributed by atoms with E-state index in [9.17, 15) is 0 Å². The molecule has 1 aromatic rings. The molecule has 3 nitrogen and oxygen atoms in total. The zero-order valence-electron chi connectivity index (χ0n) is 10.3. The summed E-state index contributed by atoms with van der Waals surface area (Å²) in [5, 5.41) is 0.690. The lowest BCUT2D eigenvalue weighted by atomic mass is 9.91. The highest BCUT2D eigenvalue weighted by atomic mass is 35.5. The molecule has 0 aliphatic heterocycles. The highest BCUT2D eigenvalue weighted by Crippen LogP contribution is 2.26. The number of anilines is 1. The Kier molecular flexibility index (Phi) is 4.24. The SMILES string of the molecule is CCN(c1ccc(Cl)cn1)C1CCC(N)CC1. The third-order valence-corrected chi connectivity index (χ3v) is 3.75. The van der Waals surface area contributed by atoms with Crippen molar-refractivity contribution in [3.05, 3.63) is 23.4 Å². The Labute approximate surface area is 108 Å². The van der Waals surface area contributed by atoms with Crippen LogP contribution in [-0.2, 0) is 0 Å². The number of nitrogens with zero attached hydrogens (tertiary/aromatic N) is 2. The van der Waals surface area contributed by atoms with Gasteiger partial charge in [-0.25, -0.2) is 4.98 Å². The summed E-state index contributed by atoms with van der Waals surface area (Å²) in [4.78, 5) is 6.77. The van der Waals surface area contributed by atoms with E-state index in [1.54, 1.807) is 6.20 Å². The Morgan fingerprint density at radius 2 is 2.06 bits per heavy atom. The van der Waals surface area contributed by atoms with Gasteiger partial charge in [0.05, 0.1) is 5.02 Å². The molecule has 1 aliphatic carbocycles. The van der Waals surface area contributed by atoms with Crippen LogP contribution in [0.3, 0.4) is 0 Å². The quantitative estimate of drug-likeness (QED) is 0.901. The molecule has 1 saturated carbocycles. The number of hydrogen-bond donors (Lipinski definition) is 1. The number of hydrogen-bond acceptors (Lipinski definition) is 3. The van der Waals surface area contributed by atoms with Crippen molar-refractivity contribution >= 4 is 17.4 Å². The van der Waals surface area contributed by atoms with Crippen molar-refractivity contribution in [3.63, 3.8) is 0 Å². The lowest BCUT2D eigenvalue weighted by Gasteiger charge is -2.36. The predicted octanol–water partition coefficient (Wildman–Crippen LogP) is 2.83. The van der Waals surface area contributed by atoms with Gasteiger partial charge in [0, 0.05) is 24.8 Å². The normalized spacial score (nSPS) is 24.6. The van der Waals surface area contributed by atoms with Crippen molar-refractivity contribution in [2.75, 3.05) is 11.4 Å². The van der Waals surface area contributed by atoms with Gasteiger partial charge in [-0.15, -0.1) is 0 Å². The van der Waals surface area contributed by atoms with Gasteiger partial charge in [0.15, 0.2) is 0 Å². The smallest absolute Gasteiger partial charge is 0.128 e. The fourth-order valence-electron chi connectivity index (χ4n) is 2.56. The Morgan fingerprint density at radius 1 is 1.35 bits per heavy atom. The van der Waals surface area contributed by atoms with Crippen LogP contribution < -0.4 is 10.6 Å². The van der Waals surface area contributed by atoms with Crippen molar-refractivity contribution < 1.29 is 0 Å². The van der Waals surface area contributed by atoms with Crippen molar-refractivity contribution in [2.45, 2.75) is 44.7 Å². The second kappa shape index (κ2) is 5.69. The summed E-state index contributed by atoms with van der Waals surface area (Å²) >= 11 is 5.87. The Morgan fingerprint density at radius 3 is 2.59 bits per heavy atom. The molecule has 0 spiro atoms. The largest absolute Gasteiger partial charge is 0.354 e. The van der Waals surface area contributed by atoms with E-state index in [1.807, 2.05) is 12.1 Å². The molecule has 1 fully saturated rings. The first-order valence-electron chi connectivity index (χ1n) is 6.34. The van der Waals surface area contributed by atoms with Crippen molar-refractivity contribution in [1.29, 1.82) is 0 Å². The molecule has 0 unspecified atom stereocenters. The summed E-state index contributed by atoms with van der Waals surface area (Å²) in [6.07, 6.45) is 6.29. The molecule has 4 heteroatoms. The minimum atomic E-state index is 0.392. The Hall–Kier alpha value is -0.800. The predicted molar refractivity (Wildman–Crippen MR) is 72.5 cm³/mol. The molecular formula is C13H20ClN3. The lowest BCUT2D eigenvalue weighted by Crippen LogP contribution is -2.41. The fourth-order valence-corrected chi connectivity index (χ4v) is 2.67. The summed E-state index contributed by atoms with van der Waals surface area (Å²) in [5.41, 5.74) is 5.95. The first-order chi connectivity index (χ1) is 8.20. The van der Waals surface area contributed by atoms with Gasteiger partial charge < -0.3 is 10.6 Å². The van der Waals surface area contributed by atoms with E-state index >= 15 is 0 Å². The summed E-state index contributed by atoms with van der Waals surface area (Å²) < 4.78 is 0. The number of rotatable bonds is 3. The molecule has 1 heterocycles. The minimum absolute atomic E-state index is 0.392. The van der Waals surface area contributed by atoms with Gasteiger partial charge in [0.1, 0.15) is 5.82 Å². The van der Waals surface area contributed by atoms with Crippen LogP contribution in [0.15, 0.2) is 18.3 Å². The molecule has 0 bridgehead atoms. The second-order valence-corrected chi connectivity index (χ2v) is 5.13. The molecule has 2 N–H and O–H groups in total. The number of halogens is 1. The number of pyridine rings is 1. The van der Waals surface area contributed by atoms with Crippen LogP contribution >= 0.6 is 11.6 Å². The molecule has 0 radical (unpaired) electrons. The molecule has 0 atom stereocenters. The lowest BCUT2D eigenvalue weighted by molar-refractivity contribution is 0.377. The summed E-state index contributed by atoms with van der Waals surface area (Å²) in [7, 11) is 0.